The molecule has 0 saturated carbocycles. The van der Waals surface area contributed by atoms with Crippen LogP contribution in [0.4, 0.5) is 0 Å². The lowest BCUT2D eigenvalue weighted by Crippen LogP contribution is -2.13. The predicted molar refractivity (Wildman–Crippen MR) is 59.7 cm³/mol. The number of nitrogens with zero attached hydrogens (tertiary/aromatic N) is 1. The van der Waals surface area contributed by atoms with Crippen molar-refractivity contribution in [2.45, 2.75) is 13.8 Å². The molecule has 0 bridgehead atoms. The number of carbonyl (C=O) groups excluding carboxylic acids is 1. The van der Waals surface area contributed by atoms with Gasteiger partial charge in [0.1, 0.15) is 5.69 Å². The van der Waals surface area contributed by atoms with E-state index in [4.69, 9.17) is 5.73 Å². The third-order valence-corrected chi connectivity index (χ3v) is 2.43. The van der Waals surface area contributed by atoms with Crippen LogP contribution in [0.3, 0.4) is 0 Å². The van der Waals surface area contributed by atoms with Crippen LogP contribution in [0.5, 0.6) is 0 Å². The van der Waals surface area contributed by atoms with E-state index in [0.717, 1.165) is 22.0 Å². The van der Waals surface area contributed by atoms with Crippen molar-refractivity contribution in [3.8, 4) is 0 Å². The van der Waals surface area contributed by atoms with Crippen LogP contribution >= 0.6 is 0 Å². The second-order valence-electron chi connectivity index (χ2n) is 3.68. The summed E-state index contributed by atoms with van der Waals surface area (Å²) in [6.07, 6.45) is 0. The Hall–Kier alpha value is -1.90. The van der Waals surface area contributed by atoms with Gasteiger partial charge in [-0.1, -0.05) is 23.8 Å². The van der Waals surface area contributed by atoms with Gasteiger partial charge >= 0.3 is 0 Å². The van der Waals surface area contributed by atoms with E-state index in [1.807, 2.05) is 32.0 Å². The minimum atomic E-state index is -0.485. The zero-order valence-electron chi connectivity index (χ0n) is 8.74. The maximum absolute atomic E-state index is 11.0. The van der Waals surface area contributed by atoms with Gasteiger partial charge in [0, 0.05) is 11.1 Å². The van der Waals surface area contributed by atoms with Gasteiger partial charge in [-0.2, -0.15) is 0 Å². The number of aromatic nitrogens is 1. The summed E-state index contributed by atoms with van der Waals surface area (Å²) < 4.78 is 0. The predicted octanol–water partition coefficient (Wildman–Crippen LogP) is 1.95. The largest absolute Gasteiger partial charge is 0.364 e. The second kappa shape index (κ2) is 3.35. The monoisotopic (exact) mass is 200 g/mol. The first kappa shape index (κ1) is 9.65. The molecule has 1 aromatic carbocycles. The van der Waals surface area contributed by atoms with Crippen LogP contribution in [0.1, 0.15) is 21.7 Å². The molecule has 1 amide bonds. The van der Waals surface area contributed by atoms with Crippen LogP contribution in [0, 0.1) is 13.8 Å². The van der Waals surface area contributed by atoms with Crippen LogP contribution in [-0.2, 0) is 0 Å². The Kier molecular flexibility index (Phi) is 2.15. The summed E-state index contributed by atoms with van der Waals surface area (Å²) in [4.78, 5) is 15.2. The molecule has 0 atom stereocenters. The molecule has 2 aromatic rings. The molecular formula is C12H12N2O. The van der Waals surface area contributed by atoms with Crippen LogP contribution in [0.25, 0.3) is 10.8 Å². The van der Waals surface area contributed by atoms with E-state index in [2.05, 4.69) is 4.98 Å². The molecule has 3 heteroatoms. The maximum atomic E-state index is 11.0. The molecule has 0 aliphatic carbocycles. The van der Waals surface area contributed by atoms with E-state index >= 15 is 0 Å². The third-order valence-electron chi connectivity index (χ3n) is 2.43. The molecule has 1 heterocycles. The fourth-order valence-corrected chi connectivity index (χ4v) is 1.68. The van der Waals surface area contributed by atoms with Gasteiger partial charge in [-0.05, 0) is 25.3 Å². The lowest BCUT2D eigenvalue weighted by molar-refractivity contribution is 0.0995. The summed E-state index contributed by atoms with van der Waals surface area (Å²) in [5.41, 5.74) is 7.53. The molecule has 0 aliphatic rings. The molecule has 0 saturated heterocycles. The van der Waals surface area contributed by atoms with E-state index in [1.54, 1.807) is 6.07 Å². The molecule has 0 fully saturated rings. The first-order valence-corrected chi connectivity index (χ1v) is 4.76. The summed E-state index contributed by atoms with van der Waals surface area (Å²) in [7, 11) is 0. The number of amides is 1. The molecule has 1 aromatic heterocycles. The molecule has 76 valence electrons. The van der Waals surface area contributed by atoms with Crippen LogP contribution < -0.4 is 5.73 Å². The number of rotatable bonds is 1. The third kappa shape index (κ3) is 1.68. The smallest absolute Gasteiger partial charge is 0.267 e. The number of aryl methyl sites for hydroxylation is 2. The van der Waals surface area contributed by atoms with Gasteiger partial charge in [0.25, 0.3) is 5.91 Å². The summed E-state index contributed by atoms with van der Waals surface area (Å²) >= 11 is 0. The molecule has 2 N–H and O–H groups in total. The topological polar surface area (TPSA) is 56.0 Å². The Bertz CT molecular complexity index is 547. The van der Waals surface area contributed by atoms with Crippen LogP contribution in [0.15, 0.2) is 24.3 Å². The lowest BCUT2D eigenvalue weighted by Gasteiger charge is -2.04. The average Bonchev–Trinajstić information content (AvgIpc) is 2.16. The molecule has 0 unspecified atom stereocenters. The Morgan fingerprint density at radius 1 is 1.27 bits per heavy atom. The van der Waals surface area contributed by atoms with Crippen molar-refractivity contribution < 1.29 is 4.79 Å². The van der Waals surface area contributed by atoms with E-state index in [-0.39, 0.29) is 0 Å². The zero-order chi connectivity index (χ0) is 11.0. The summed E-state index contributed by atoms with van der Waals surface area (Å²) in [6.45, 7) is 3.89. The average molecular weight is 200 g/mol. The SMILES string of the molecule is Cc1ccc2c(C)nc(C(N)=O)cc2c1. The van der Waals surface area contributed by atoms with Crippen molar-refractivity contribution in [2.75, 3.05) is 0 Å². The van der Waals surface area contributed by atoms with Gasteiger partial charge in [0.05, 0.1) is 0 Å². The number of carbonyl (C=O) groups is 1. The number of pyridine rings is 1. The Balaban J connectivity index is 2.79. The van der Waals surface area contributed by atoms with Crippen molar-refractivity contribution in [3.05, 3.63) is 41.2 Å². The van der Waals surface area contributed by atoms with E-state index in [1.165, 1.54) is 0 Å². The standard InChI is InChI=1S/C12H12N2O/c1-7-3-4-10-8(2)14-11(12(13)15)6-9(10)5-7/h3-6H,1-2H3,(H2,13,15). The van der Waals surface area contributed by atoms with Crippen molar-refractivity contribution in [1.82, 2.24) is 4.98 Å². The maximum Gasteiger partial charge on any atom is 0.267 e. The molecule has 3 nitrogen and oxygen atoms in total. The molecule has 0 radical (unpaired) electrons. The van der Waals surface area contributed by atoms with Gasteiger partial charge in [0.2, 0.25) is 0 Å². The van der Waals surface area contributed by atoms with Crippen LogP contribution in [0.2, 0.25) is 0 Å². The van der Waals surface area contributed by atoms with Gasteiger partial charge in [-0.25, -0.2) is 4.98 Å². The fraction of sp³-hybridized carbons (Fsp3) is 0.167. The number of nitrogens with two attached hydrogens (primary N) is 1. The van der Waals surface area contributed by atoms with E-state index < -0.39 is 5.91 Å². The van der Waals surface area contributed by atoms with Gasteiger partial charge in [-0.15, -0.1) is 0 Å². The second-order valence-corrected chi connectivity index (χ2v) is 3.68. The molecule has 0 aliphatic heterocycles. The fourth-order valence-electron chi connectivity index (χ4n) is 1.68. The Morgan fingerprint density at radius 3 is 2.67 bits per heavy atom. The summed E-state index contributed by atoms with van der Waals surface area (Å²) in [5, 5.41) is 2.07. The van der Waals surface area contributed by atoms with Crippen molar-refractivity contribution in [1.29, 1.82) is 0 Å². The highest BCUT2D eigenvalue weighted by Gasteiger charge is 2.06. The van der Waals surface area contributed by atoms with Crippen molar-refractivity contribution >= 4 is 16.7 Å². The number of benzene rings is 1. The highest BCUT2D eigenvalue weighted by Crippen LogP contribution is 2.19. The Labute approximate surface area is 87.9 Å². The molecule has 0 spiro atoms. The zero-order valence-corrected chi connectivity index (χ0v) is 8.74. The number of hydrogen-bond donors (Lipinski definition) is 1. The summed E-state index contributed by atoms with van der Waals surface area (Å²) in [6, 6.07) is 7.80. The number of fused-ring (bicyclic) bond motifs is 1. The first-order valence-electron chi connectivity index (χ1n) is 4.76. The molecule has 2 rings (SSSR count). The van der Waals surface area contributed by atoms with Crippen molar-refractivity contribution in [3.63, 3.8) is 0 Å². The van der Waals surface area contributed by atoms with Gasteiger partial charge in [-0.3, -0.25) is 4.79 Å². The minimum Gasteiger partial charge on any atom is -0.364 e. The number of primary amides is 1. The van der Waals surface area contributed by atoms with E-state index in [0.29, 0.717) is 5.69 Å². The normalized spacial score (nSPS) is 10.5. The van der Waals surface area contributed by atoms with Crippen LogP contribution in [-0.4, -0.2) is 10.9 Å². The quantitative estimate of drug-likeness (QED) is 0.764. The number of hydrogen-bond acceptors (Lipinski definition) is 2. The molecule has 15 heavy (non-hydrogen) atoms. The first-order chi connectivity index (χ1) is 7.08. The Morgan fingerprint density at radius 2 is 2.00 bits per heavy atom. The van der Waals surface area contributed by atoms with Gasteiger partial charge in [0.15, 0.2) is 0 Å². The highest BCUT2D eigenvalue weighted by molar-refractivity contribution is 5.96. The highest BCUT2D eigenvalue weighted by atomic mass is 16.1. The van der Waals surface area contributed by atoms with Gasteiger partial charge < -0.3 is 5.73 Å². The lowest BCUT2D eigenvalue weighted by atomic mass is 10.1. The van der Waals surface area contributed by atoms with Crippen molar-refractivity contribution in [2.24, 2.45) is 5.73 Å². The summed E-state index contributed by atoms with van der Waals surface area (Å²) in [5.74, 6) is -0.485. The van der Waals surface area contributed by atoms with E-state index in [9.17, 15) is 4.79 Å². The molecular weight excluding hydrogens is 188 g/mol. The minimum absolute atomic E-state index is 0.325.